The second-order valence-electron chi connectivity index (χ2n) is 5.84. The van der Waals surface area contributed by atoms with Gasteiger partial charge in [0.2, 0.25) is 10.0 Å². The summed E-state index contributed by atoms with van der Waals surface area (Å²) in [6.07, 6.45) is 0. The van der Waals surface area contributed by atoms with Crippen molar-refractivity contribution in [3.05, 3.63) is 59.7 Å². The average Bonchev–Trinajstić information content (AvgIpc) is 2.66. The molecule has 0 aliphatic heterocycles. The van der Waals surface area contributed by atoms with Crippen LogP contribution in [0.15, 0.2) is 53.4 Å². The van der Waals surface area contributed by atoms with Gasteiger partial charge in [0, 0.05) is 0 Å². The van der Waals surface area contributed by atoms with E-state index < -0.39 is 26.9 Å². The van der Waals surface area contributed by atoms with Gasteiger partial charge >= 0.3 is 5.97 Å². The van der Waals surface area contributed by atoms with Gasteiger partial charge in [0.1, 0.15) is 11.8 Å². The molecule has 0 aliphatic carbocycles. The number of sulfonamides is 1. The van der Waals surface area contributed by atoms with Gasteiger partial charge in [-0.05, 0) is 43.7 Å². The number of carbonyl (C=O) groups excluding carboxylic acids is 1. The van der Waals surface area contributed by atoms with E-state index in [0.717, 1.165) is 5.56 Å². The molecule has 0 fully saturated rings. The molecule has 0 radical (unpaired) electrons. The van der Waals surface area contributed by atoms with Crippen LogP contribution >= 0.6 is 15.9 Å². The summed E-state index contributed by atoms with van der Waals surface area (Å²) in [6, 6.07) is 12.2. The molecular weight excluding hydrogens is 434 g/mol. The average molecular weight is 456 g/mol. The maximum atomic E-state index is 12.7. The van der Waals surface area contributed by atoms with E-state index in [4.69, 9.17) is 9.47 Å². The fourth-order valence-corrected chi connectivity index (χ4v) is 4.42. The second-order valence-corrected chi connectivity index (χ2v) is 8.54. The van der Waals surface area contributed by atoms with Gasteiger partial charge in [-0.25, -0.2) is 8.42 Å². The fraction of sp³-hybridized carbons (Fsp3) is 0.316. The van der Waals surface area contributed by atoms with Gasteiger partial charge in [0.05, 0.1) is 23.4 Å². The van der Waals surface area contributed by atoms with Gasteiger partial charge in [0.25, 0.3) is 0 Å². The summed E-state index contributed by atoms with van der Waals surface area (Å²) < 4.78 is 38.1. The molecule has 0 saturated heterocycles. The quantitative estimate of drug-likeness (QED) is 0.487. The third-order valence-corrected chi connectivity index (χ3v) is 6.40. The summed E-state index contributed by atoms with van der Waals surface area (Å²) in [5.74, 6) is -0.00255. The van der Waals surface area contributed by atoms with Crippen LogP contribution in [-0.2, 0) is 19.6 Å². The number of hydrogen-bond donors (Lipinski definition) is 1. The third kappa shape index (κ3) is 5.54. The summed E-state index contributed by atoms with van der Waals surface area (Å²) in [7, 11) is -2.36. The Bertz CT molecular complexity index is 866. The van der Waals surface area contributed by atoms with Gasteiger partial charge in [-0.3, -0.25) is 4.79 Å². The van der Waals surface area contributed by atoms with Crippen molar-refractivity contribution in [3.63, 3.8) is 0 Å². The highest BCUT2D eigenvalue weighted by Gasteiger charge is 2.33. The minimum atomic E-state index is -3.91. The molecule has 146 valence electrons. The minimum absolute atomic E-state index is 0.0804. The van der Waals surface area contributed by atoms with Crippen LogP contribution < -0.4 is 9.46 Å². The normalized spacial score (nSPS) is 13.6. The number of alkyl halides is 1. The zero-order chi connectivity index (χ0) is 20.0. The predicted octanol–water partition coefficient (Wildman–Crippen LogP) is 3.35. The second kappa shape index (κ2) is 9.34. The van der Waals surface area contributed by atoms with Crippen LogP contribution in [0.1, 0.15) is 22.9 Å². The van der Waals surface area contributed by atoms with E-state index in [1.807, 2.05) is 6.92 Å². The van der Waals surface area contributed by atoms with Crippen molar-refractivity contribution in [2.45, 2.75) is 29.6 Å². The molecule has 8 heteroatoms. The standard InChI is InChI=1S/C19H22BrNO5S/c1-4-26-19(22)18(17(20)14-7-9-15(25-3)10-8-14)21-27(23,24)16-11-5-13(2)6-12-16/h5-12,17-18,21H,4H2,1-3H3/t17-,18-/m1/s1. The SMILES string of the molecule is CCOC(=O)[C@H](NS(=O)(=O)c1ccc(C)cc1)[C@H](Br)c1ccc(OC)cc1. The van der Waals surface area contributed by atoms with E-state index in [0.29, 0.717) is 11.3 Å². The molecule has 0 amide bonds. The maximum Gasteiger partial charge on any atom is 0.325 e. The zero-order valence-corrected chi connectivity index (χ0v) is 17.7. The molecule has 0 aromatic heterocycles. The van der Waals surface area contributed by atoms with Gasteiger partial charge in [-0.15, -0.1) is 0 Å². The molecule has 0 saturated carbocycles. The predicted molar refractivity (Wildman–Crippen MR) is 107 cm³/mol. The van der Waals surface area contributed by atoms with Gasteiger partial charge in [-0.2, -0.15) is 4.72 Å². The molecule has 6 nitrogen and oxygen atoms in total. The molecule has 2 aromatic carbocycles. The Hall–Kier alpha value is -1.90. The molecule has 0 heterocycles. The number of ether oxygens (including phenoxy) is 2. The Morgan fingerprint density at radius 3 is 2.22 bits per heavy atom. The third-order valence-electron chi connectivity index (χ3n) is 3.88. The highest BCUT2D eigenvalue weighted by molar-refractivity contribution is 9.09. The first-order valence-electron chi connectivity index (χ1n) is 8.32. The van der Waals surface area contributed by atoms with E-state index >= 15 is 0 Å². The number of halogens is 1. The Balaban J connectivity index is 2.32. The first kappa shape index (κ1) is 21.4. The lowest BCUT2D eigenvalue weighted by atomic mass is 10.1. The van der Waals surface area contributed by atoms with E-state index in [-0.39, 0.29) is 11.5 Å². The number of rotatable bonds is 8. The van der Waals surface area contributed by atoms with Crippen molar-refractivity contribution < 1.29 is 22.7 Å². The lowest BCUT2D eigenvalue weighted by Gasteiger charge is -2.22. The van der Waals surface area contributed by atoms with Crippen molar-refractivity contribution in [2.24, 2.45) is 0 Å². The fourth-order valence-electron chi connectivity index (χ4n) is 2.39. The van der Waals surface area contributed by atoms with Crippen LogP contribution in [0.25, 0.3) is 0 Å². The molecule has 0 unspecified atom stereocenters. The van der Waals surface area contributed by atoms with Crippen LogP contribution in [-0.4, -0.2) is 34.1 Å². The number of nitrogens with one attached hydrogen (secondary N) is 1. The first-order chi connectivity index (χ1) is 12.8. The summed E-state index contributed by atoms with van der Waals surface area (Å²) >= 11 is 3.44. The molecule has 0 spiro atoms. The van der Waals surface area contributed by atoms with Crippen molar-refractivity contribution in [1.29, 1.82) is 0 Å². The van der Waals surface area contributed by atoms with Crippen molar-refractivity contribution in [1.82, 2.24) is 4.72 Å². The number of carbonyl (C=O) groups is 1. The van der Waals surface area contributed by atoms with Crippen molar-refractivity contribution in [2.75, 3.05) is 13.7 Å². The van der Waals surface area contributed by atoms with Crippen LogP contribution in [0.2, 0.25) is 0 Å². The van der Waals surface area contributed by atoms with Crippen molar-refractivity contribution in [3.8, 4) is 5.75 Å². The van der Waals surface area contributed by atoms with Crippen molar-refractivity contribution >= 4 is 31.9 Å². The molecule has 27 heavy (non-hydrogen) atoms. The number of esters is 1. The van der Waals surface area contributed by atoms with E-state index in [1.54, 1.807) is 50.4 Å². The summed E-state index contributed by atoms with van der Waals surface area (Å²) in [6.45, 7) is 3.67. The van der Waals surface area contributed by atoms with Crippen LogP contribution in [0, 0.1) is 6.92 Å². The highest BCUT2D eigenvalue weighted by Crippen LogP contribution is 2.30. The Morgan fingerprint density at radius 2 is 1.70 bits per heavy atom. The lowest BCUT2D eigenvalue weighted by Crippen LogP contribution is -2.44. The molecule has 0 aliphatic rings. The Morgan fingerprint density at radius 1 is 1.11 bits per heavy atom. The van der Waals surface area contributed by atoms with Gasteiger partial charge < -0.3 is 9.47 Å². The maximum absolute atomic E-state index is 12.7. The summed E-state index contributed by atoms with van der Waals surface area (Å²) in [5.41, 5.74) is 1.65. The summed E-state index contributed by atoms with van der Waals surface area (Å²) in [4.78, 5) is 11.9. The number of methoxy groups -OCH3 is 1. The smallest absolute Gasteiger partial charge is 0.325 e. The number of hydrogen-bond acceptors (Lipinski definition) is 5. The van der Waals surface area contributed by atoms with Crippen LogP contribution in [0.3, 0.4) is 0 Å². The zero-order valence-electron chi connectivity index (χ0n) is 15.3. The van der Waals surface area contributed by atoms with E-state index in [1.165, 1.54) is 12.1 Å². The molecule has 0 bridgehead atoms. The number of benzene rings is 2. The first-order valence-corrected chi connectivity index (χ1v) is 10.7. The largest absolute Gasteiger partial charge is 0.497 e. The number of aryl methyl sites for hydroxylation is 1. The molecule has 2 rings (SSSR count). The molecule has 2 aromatic rings. The highest BCUT2D eigenvalue weighted by atomic mass is 79.9. The monoisotopic (exact) mass is 455 g/mol. The van der Waals surface area contributed by atoms with Gasteiger partial charge in [0.15, 0.2) is 0 Å². The van der Waals surface area contributed by atoms with Gasteiger partial charge in [-0.1, -0.05) is 45.8 Å². The lowest BCUT2D eigenvalue weighted by molar-refractivity contribution is -0.145. The Labute approximate surface area is 168 Å². The van der Waals surface area contributed by atoms with E-state index in [9.17, 15) is 13.2 Å². The summed E-state index contributed by atoms with van der Waals surface area (Å²) in [5, 5.41) is 0. The van der Waals surface area contributed by atoms with E-state index in [2.05, 4.69) is 20.7 Å². The van der Waals surface area contributed by atoms with Crippen LogP contribution in [0.4, 0.5) is 0 Å². The minimum Gasteiger partial charge on any atom is -0.497 e. The van der Waals surface area contributed by atoms with Crippen LogP contribution in [0.5, 0.6) is 5.75 Å². The molecule has 1 N–H and O–H groups in total. The topological polar surface area (TPSA) is 81.7 Å². The Kier molecular flexibility index (Phi) is 7.41. The molecular formula is C19H22BrNO5S. The molecule has 2 atom stereocenters.